The normalized spacial score (nSPS) is 19.5. The fourth-order valence-corrected chi connectivity index (χ4v) is 3.95. The van der Waals surface area contributed by atoms with Gasteiger partial charge in [0.25, 0.3) is 11.5 Å². The lowest BCUT2D eigenvalue weighted by atomic mass is 9.87. The van der Waals surface area contributed by atoms with Crippen molar-refractivity contribution in [2.75, 3.05) is 27.3 Å². The van der Waals surface area contributed by atoms with Crippen LogP contribution in [0.4, 0.5) is 13.2 Å². The summed E-state index contributed by atoms with van der Waals surface area (Å²) in [6.45, 7) is 0.452. The molecule has 0 bridgehead atoms. The van der Waals surface area contributed by atoms with Crippen LogP contribution >= 0.6 is 0 Å². The SMILES string of the molecule is COc1cccc(C2CCCN(C(=O)C(OC)(c3ccccc3)C(F)(F)F)C2)c1. The number of halogens is 3. The van der Waals surface area contributed by atoms with Gasteiger partial charge in [-0.2, -0.15) is 13.2 Å². The molecule has 0 radical (unpaired) electrons. The van der Waals surface area contributed by atoms with E-state index in [0.717, 1.165) is 19.1 Å². The van der Waals surface area contributed by atoms with Crippen molar-refractivity contribution in [2.24, 2.45) is 0 Å². The molecule has 0 aliphatic carbocycles. The molecule has 1 fully saturated rings. The summed E-state index contributed by atoms with van der Waals surface area (Å²) < 4.78 is 52.8. The number of hydrogen-bond acceptors (Lipinski definition) is 3. The van der Waals surface area contributed by atoms with Gasteiger partial charge < -0.3 is 14.4 Å². The Kier molecular flexibility index (Phi) is 6.17. The van der Waals surface area contributed by atoms with Crippen LogP contribution in [0.1, 0.15) is 29.9 Å². The molecule has 1 heterocycles. The van der Waals surface area contributed by atoms with Gasteiger partial charge in [0.05, 0.1) is 7.11 Å². The van der Waals surface area contributed by atoms with Gasteiger partial charge in [0, 0.05) is 31.7 Å². The molecule has 1 aliphatic heterocycles. The molecule has 156 valence electrons. The number of carbonyl (C=O) groups is 1. The summed E-state index contributed by atoms with van der Waals surface area (Å²) in [7, 11) is 2.49. The van der Waals surface area contributed by atoms with Gasteiger partial charge in [-0.15, -0.1) is 0 Å². The highest BCUT2D eigenvalue weighted by Crippen LogP contribution is 2.44. The molecule has 2 aromatic rings. The zero-order valence-electron chi connectivity index (χ0n) is 16.4. The van der Waals surface area contributed by atoms with Crippen molar-refractivity contribution in [1.82, 2.24) is 4.90 Å². The molecular weight excluding hydrogens is 383 g/mol. The molecule has 0 saturated carbocycles. The molecule has 2 atom stereocenters. The van der Waals surface area contributed by atoms with Crippen molar-refractivity contribution in [3.63, 3.8) is 0 Å². The van der Waals surface area contributed by atoms with Gasteiger partial charge in [0.2, 0.25) is 0 Å². The minimum absolute atomic E-state index is 0.0682. The molecule has 4 nitrogen and oxygen atoms in total. The van der Waals surface area contributed by atoms with Crippen LogP contribution in [0.25, 0.3) is 0 Å². The Hall–Kier alpha value is -2.54. The first-order valence-corrected chi connectivity index (χ1v) is 9.44. The average molecular weight is 407 g/mol. The van der Waals surface area contributed by atoms with Gasteiger partial charge in [-0.3, -0.25) is 4.79 Å². The Labute approximate surface area is 168 Å². The summed E-state index contributed by atoms with van der Waals surface area (Å²) in [6, 6.07) is 14.5. The molecule has 2 unspecified atom stereocenters. The molecule has 7 heteroatoms. The number of alkyl halides is 3. The van der Waals surface area contributed by atoms with Gasteiger partial charge >= 0.3 is 6.18 Å². The molecular formula is C22H24F3NO3. The van der Waals surface area contributed by atoms with Crippen molar-refractivity contribution in [2.45, 2.75) is 30.5 Å². The highest BCUT2D eigenvalue weighted by Gasteiger charge is 2.63. The Balaban J connectivity index is 1.93. The van der Waals surface area contributed by atoms with Crippen LogP contribution in [0.5, 0.6) is 5.75 Å². The number of rotatable bonds is 5. The van der Waals surface area contributed by atoms with E-state index in [0.29, 0.717) is 12.2 Å². The topological polar surface area (TPSA) is 38.8 Å². The van der Waals surface area contributed by atoms with Crippen LogP contribution in [0, 0.1) is 0 Å². The number of benzene rings is 2. The Morgan fingerprint density at radius 3 is 2.41 bits per heavy atom. The quantitative estimate of drug-likeness (QED) is 0.732. The maximum Gasteiger partial charge on any atom is 0.430 e. The number of methoxy groups -OCH3 is 2. The first kappa shape index (κ1) is 21.2. The van der Waals surface area contributed by atoms with Crippen molar-refractivity contribution in [1.29, 1.82) is 0 Å². The third kappa shape index (κ3) is 3.96. The Morgan fingerprint density at radius 2 is 1.79 bits per heavy atom. The van der Waals surface area contributed by atoms with Gasteiger partial charge in [-0.1, -0.05) is 42.5 Å². The van der Waals surface area contributed by atoms with E-state index in [4.69, 9.17) is 9.47 Å². The van der Waals surface area contributed by atoms with Crippen LogP contribution in [0.2, 0.25) is 0 Å². The van der Waals surface area contributed by atoms with Crippen molar-refractivity contribution in [3.8, 4) is 5.75 Å². The third-order valence-electron chi connectivity index (χ3n) is 5.46. The summed E-state index contributed by atoms with van der Waals surface area (Å²) in [6.07, 6.45) is -3.50. The maximum atomic E-state index is 14.2. The molecule has 1 amide bonds. The van der Waals surface area contributed by atoms with E-state index in [-0.39, 0.29) is 24.6 Å². The molecule has 29 heavy (non-hydrogen) atoms. The summed E-state index contributed by atoms with van der Waals surface area (Å²) in [4.78, 5) is 14.5. The number of ether oxygens (including phenoxy) is 2. The van der Waals surface area contributed by atoms with Crippen LogP contribution < -0.4 is 4.74 Å². The molecule has 0 aromatic heterocycles. The lowest BCUT2D eigenvalue weighted by Gasteiger charge is -2.41. The first-order valence-electron chi connectivity index (χ1n) is 9.44. The second kappa shape index (κ2) is 8.45. The van der Waals surface area contributed by atoms with E-state index >= 15 is 0 Å². The van der Waals surface area contributed by atoms with E-state index in [1.54, 1.807) is 13.2 Å². The maximum absolute atomic E-state index is 14.2. The van der Waals surface area contributed by atoms with Crippen molar-refractivity contribution < 1.29 is 27.4 Å². The largest absolute Gasteiger partial charge is 0.497 e. The Bertz CT molecular complexity index is 841. The van der Waals surface area contributed by atoms with Gasteiger partial charge in [0.1, 0.15) is 5.75 Å². The highest BCUT2D eigenvalue weighted by molar-refractivity contribution is 5.88. The summed E-state index contributed by atoms with van der Waals surface area (Å²) in [5, 5.41) is 0. The fourth-order valence-electron chi connectivity index (χ4n) is 3.95. The predicted molar refractivity (Wildman–Crippen MR) is 103 cm³/mol. The summed E-state index contributed by atoms with van der Waals surface area (Å²) in [5.74, 6) is -0.468. The molecule has 1 aliphatic rings. The van der Waals surface area contributed by atoms with E-state index in [1.807, 2.05) is 24.3 Å². The Morgan fingerprint density at radius 1 is 1.07 bits per heavy atom. The second-order valence-corrected chi connectivity index (χ2v) is 7.12. The van der Waals surface area contributed by atoms with Crippen molar-refractivity contribution in [3.05, 3.63) is 65.7 Å². The van der Waals surface area contributed by atoms with Crippen LogP contribution in [-0.2, 0) is 15.1 Å². The first-order chi connectivity index (χ1) is 13.8. The molecule has 3 rings (SSSR count). The zero-order valence-corrected chi connectivity index (χ0v) is 16.4. The van der Waals surface area contributed by atoms with Crippen LogP contribution in [0.15, 0.2) is 54.6 Å². The molecule has 0 spiro atoms. The van der Waals surface area contributed by atoms with E-state index in [9.17, 15) is 18.0 Å². The molecule has 2 aromatic carbocycles. The van der Waals surface area contributed by atoms with Crippen molar-refractivity contribution >= 4 is 5.91 Å². The van der Waals surface area contributed by atoms with E-state index in [1.165, 1.54) is 29.2 Å². The minimum atomic E-state index is -4.90. The van der Waals surface area contributed by atoms with E-state index < -0.39 is 17.7 Å². The summed E-state index contributed by atoms with van der Waals surface area (Å²) >= 11 is 0. The second-order valence-electron chi connectivity index (χ2n) is 7.12. The van der Waals surface area contributed by atoms with Crippen LogP contribution in [0.3, 0.4) is 0 Å². The van der Waals surface area contributed by atoms with Crippen LogP contribution in [-0.4, -0.2) is 44.3 Å². The molecule has 1 saturated heterocycles. The number of nitrogens with zero attached hydrogens (tertiary/aromatic N) is 1. The number of piperidine rings is 1. The number of carbonyl (C=O) groups excluding carboxylic acids is 1. The van der Waals surface area contributed by atoms with Gasteiger partial charge in [-0.05, 0) is 30.5 Å². The van der Waals surface area contributed by atoms with E-state index in [2.05, 4.69) is 0 Å². The molecule has 0 N–H and O–H groups in total. The zero-order chi connectivity index (χ0) is 21.1. The average Bonchev–Trinajstić information content (AvgIpc) is 2.74. The predicted octanol–water partition coefficient (Wildman–Crippen LogP) is 4.51. The lowest BCUT2D eigenvalue weighted by Crippen LogP contribution is -2.58. The highest BCUT2D eigenvalue weighted by atomic mass is 19.4. The third-order valence-corrected chi connectivity index (χ3v) is 5.46. The van der Waals surface area contributed by atoms with Gasteiger partial charge in [0.15, 0.2) is 0 Å². The minimum Gasteiger partial charge on any atom is -0.497 e. The van der Waals surface area contributed by atoms with Gasteiger partial charge in [-0.25, -0.2) is 0 Å². The number of likely N-dealkylation sites (tertiary alicyclic amines) is 1. The number of amides is 1. The number of hydrogen-bond donors (Lipinski definition) is 0. The monoisotopic (exact) mass is 407 g/mol. The smallest absolute Gasteiger partial charge is 0.430 e. The standard InChI is InChI=1S/C22H24F3NO3/c1-28-19-12-6-8-16(14-19)17-9-7-13-26(15-17)20(27)21(29-2,22(23,24)25)18-10-4-3-5-11-18/h3-6,8,10-12,14,17H,7,9,13,15H2,1-2H3. The fraction of sp³-hybridized carbons (Fsp3) is 0.409. The lowest BCUT2D eigenvalue weighted by molar-refractivity contribution is -0.270. The summed E-state index contributed by atoms with van der Waals surface area (Å²) in [5.41, 5.74) is -2.30.